The van der Waals surface area contributed by atoms with E-state index in [2.05, 4.69) is 5.32 Å². The van der Waals surface area contributed by atoms with Crippen molar-refractivity contribution in [1.82, 2.24) is 5.32 Å². The number of aldehydes is 1. The van der Waals surface area contributed by atoms with Gasteiger partial charge in [0.05, 0.1) is 7.11 Å². The van der Waals surface area contributed by atoms with Gasteiger partial charge in [-0.05, 0) is 6.07 Å². The summed E-state index contributed by atoms with van der Waals surface area (Å²) < 4.78 is 5.11. The summed E-state index contributed by atoms with van der Waals surface area (Å²) in [5.74, 6) is 0.505. The van der Waals surface area contributed by atoms with Gasteiger partial charge in [-0.2, -0.15) is 0 Å². The molecule has 80 valence electrons. The molecular weight excluding hydrogens is 194 g/mol. The number of guanidine groups is 1. The van der Waals surface area contributed by atoms with Crippen LogP contribution in [0.15, 0.2) is 18.2 Å². The first kappa shape index (κ1) is 11.0. The molecule has 1 rings (SSSR count). The number of carbonyl (C=O) groups excluding carboxylic acids is 1. The number of methoxy groups -OCH3 is 1. The second-order valence-electron chi connectivity index (χ2n) is 2.96. The molecule has 5 heteroatoms. The van der Waals surface area contributed by atoms with Crippen molar-refractivity contribution in [2.75, 3.05) is 7.11 Å². The zero-order valence-corrected chi connectivity index (χ0v) is 8.41. The van der Waals surface area contributed by atoms with Crippen molar-refractivity contribution in [3.8, 4) is 5.75 Å². The third-order valence-electron chi connectivity index (χ3n) is 1.92. The highest BCUT2D eigenvalue weighted by Crippen LogP contribution is 2.19. The van der Waals surface area contributed by atoms with Crippen LogP contribution in [-0.2, 0) is 6.54 Å². The van der Waals surface area contributed by atoms with E-state index in [0.717, 1.165) is 11.8 Å². The summed E-state index contributed by atoms with van der Waals surface area (Å²) in [4.78, 5) is 10.5. The SMILES string of the molecule is COc1cc(C=O)ccc1CNC(=N)N. The predicted octanol–water partition coefficient (Wildman–Crippen LogP) is 0.491. The fraction of sp³-hybridized carbons (Fsp3) is 0.200. The standard InChI is InChI=1S/C10H13N3O2/c1-15-9-4-7(6-14)2-3-8(9)5-13-10(11)12/h2-4,6H,5H2,1H3,(H4,11,12,13). The molecule has 0 aliphatic rings. The highest BCUT2D eigenvalue weighted by molar-refractivity contribution is 5.76. The molecule has 0 aromatic heterocycles. The first-order chi connectivity index (χ1) is 7.17. The maximum Gasteiger partial charge on any atom is 0.185 e. The highest BCUT2D eigenvalue weighted by atomic mass is 16.5. The molecule has 0 radical (unpaired) electrons. The van der Waals surface area contributed by atoms with Gasteiger partial charge in [0.15, 0.2) is 5.96 Å². The van der Waals surface area contributed by atoms with Crippen molar-refractivity contribution in [1.29, 1.82) is 5.41 Å². The topological polar surface area (TPSA) is 88.2 Å². The molecule has 0 amide bonds. The summed E-state index contributed by atoms with van der Waals surface area (Å²) >= 11 is 0. The van der Waals surface area contributed by atoms with E-state index in [1.54, 1.807) is 18.2 Å². The normalized spacial score (nSPS) is 9.40. The summed E-state index contributed by atoms with van der Waals surface area (Å²) in [5, 5.41) is 9.69. The summed E-state index contributed by atoms with van der Waals surface area (Å²) in [6.07, 6.45) is 0.755. The summed E-state index contributed by atoms with van der Waals surface area (Å²) in [7, 11) is 1.53. The Morgan fingerprint density at radius 1 is 1.67 bits per heavy atom. The fourth-order valence-electron chi connectivity index (χ4n) is 1.17. The average Bonchev–Trinajstić information content (AvgIpc) is 2.25. The van der Waals surface area contributed by atoms with E-state index in [0.29, 0.717) is 17.9 Å². The van der Waals surface area contributed by atoms with E-state index in [1.165, 1.54) is 7.11 Å². The lowest BCUT2D eigenvalue weighted by atomic mass is 10.1. The molecule has 0 fully saturated rings. The Kier molecular flexibility index (Phi) is 3.68. The van der Waals surface area contributed by atoms with Crippen molar-refractivity contribution in [2.24, 2.45) is 5.73 Å². The minimum atomic E-state index is -0.100. The Labute approximate surface area is 87.7 Å². The van der Waals surface area contributed by atoms with Crippen molar-refractivity contribution in [2.45, 2.75) is 6.54 Å². The fourth-order valence-corrected chi connectivity index (χ4v) is 1.17. The van der Waals surface area contributed by atoms with Gasteiger partial charge < -0.3 is 15.8 Å². The lowest BCUT2D eigenvalue weighted by Crippen LogP contribution is -2.29. The second kappa shape index (κ2) is 4.99. The van der Waals surface area contributed by atoms with Crippen LogP contribution < -0.4 is 15.8 Å². The van der Waals surface area contributed by atoms with Crippen LogP contribution in [0.4, 0.5) is 0 Å². The van der Waals surface area contributed by atoms with Crippen molar-refractivity contribution >= 4 is 12.2 Å². The van der Waals surface area contributed by atoms with Gasteiger partial charge in [-0.3, -0.25) is 10.2 Å². The monoisotopic (exact) mass is 207 g/mol. The summed E-state index contributed by atoms with van der Waals surface area (Å²) in [6, 6.07) is 5.09. The van der Waals surface area contributed by atoms with Crippen LogP contribution >= 0.6 is 0 Å². The number of hydrogen-bond donors (Lipinski definition) is 3. The molecule has 0 bridgehead atoms. The molecule has 0 heterocycles. The number of benzene rings is 1. The van der Waals surface area contributed by atoms with Crippen LogP contribution in [0.2, 0.25) is 0 Å². The number of nitrogens with one attached hydrogen (secondary N) is 2. The van der Waals surface area contributed by atoms with Gasteiger partial charge in [-0.1, -0.05) is 12.1 Å². The zero-order chi connectivity index (χ0) is 11.3. The second-order valence-corrected chi connectivity index (χ2v) is 2.96. The van der Waals surface area contributed by atoms with Gasteiger partial charge in [0.25, 0.3) is 0 Å². The summed E-state index contributed by atoms with van der Waals surface area (Å²) in [5.41, 5.74) is 6.56. The Morgan fingerprint density at radius 3 is 2.93 bits per heavy atom. The van der Waals surface area contributed by atoms with E-state index in [9.17, 15) is 4.79 Å². The van der Waals surface area contributed by atoms with Gasteiger partial charge in [-0.25, -0.2) is 0 Å². The van der Waals surface area contributed by atoms with Gasteiger partial charge in [0.2, 0.25) is 0 Å². The lowest BCUT2D eigenvalue weighted by Gasteiger charge is -2.09. The Bertz CT molecular complexity index is 377. The Hall–Kier alpha value is -2.04. The molecule has 0 unspecified atom stereocenters. The minimum Gasteiger partial charge on any atom is -0.496 e. The van der Waals surface area contributed by atoms with E-state index >= 15 is 0 Å². The number of nitrogens with two attached hydrogens (primary N) is 1. The highest BCUT2D eigenvalue weighted by Gasteiger charge is 2.03. The Morgan fingerprint density at radius 2 is 2.40 bits per heavy atom. The quantitative estimate of drug-likeness (QED) is 0.381. The molecule has 1 aromatic rings. The molecule has 5 nitrogen and oxygen atoms in total. The smallest absolute Gasteiger partial charge is 0.185 e. The molecule has 0 saturated carbocycles. The molecule has 0 aliphatic heterocycles. The largest absolute Gasteiger partial charge is 0.496 e. The predicted molar refractivity (Wildman–Crippen MR) is 57.1 cm³/mol. The Balaban J connectivity index is 2.87. The molecule has 0 saturated heterocycles. The maximum atomic E-state index is 10.5. The lowest BCUT2D eigenvalue weighted by molar-refractivity contribution is 0.112. The van der Waals surface area contributed by atoms with Crippen molar-refractivity contribution in [3.63, 3.8) is 0 Å². The first-order valence-corrected chi connectivity index (χ1v) is 4.37. The van der Waals surface area contributed by atoms with Gasteiger partial charge in [0, 0.05) is 17.7 Å². The molecule has 1 aromatic carbocycles. The van der Waals surface area contributed by atoms with Gasteiger partial charge in [-0.15, -0.1) is 0 Å². The molecule has 15 heavy (non-hydrogen) atoms. The van der Waals surface area contributed by atoms with Crippen LogP contribution in [0.5, 0.6) is 5.75 Å². The molecule has 4 N–H and O–H groups in total. The third-order valence-corrected chi connectivity index (χ3v) is 1.92. The van der Waals surface area contributed by atoms with E-state index in [1.807, 2.05) is 0 Å². The number of rotatable bonds is 4. The number of hydrogen-bond acceptors (Lipinski definition) is 3. The van der Waals surface area contributed by atoms with Crippen LogP contribution in [0.25, 0.3) is 0 Å². The number of ether oxygens (including phenoxy) is 1. The third kappa shape index (κ3) is 2.98. The van der Waals surface area contributed by atoms with E-state index in [4.69, 9.17) is 15.9 Å². The molecule has 0 spiro atoms. The minimum absolute atomic E-state index is 0.100. The van der Waals surface area contributed by atoms with Gasteiger partial charge in [0.1, 0.15) is 12.0 Å². The maximum absolute atomic E-state index is 10.5. The van der Waals surface area contributed by atoms with Crippen LogP contribution in [0.1, 0.15) is 15.9 Å². The van der Waals surface area contributed by atoms with Crippen LogP contribution in [0, 0.1) is 5.41 Å². The van der Waals surface area contributed by atoms with E-state index < -0.39 is 0 Å². The summed E-state index contributed by atoms with van der Waals surface area (Å²) in [6.45, 7) is 0.400. The van der Waals surface area contributed by atoms with Crippen LogP contribution in [-0.4, -0.2) is 19.4 Å². The van der Waals surface area contributed by atoms with Crippen LogP contribution in [0.3, 0.4) is 0 Å². The van der Waals surface area contributed by atoms with Crippen molar-refractivity contribution < 1.29 is 9.53 Å². The molecule has 0 atom stereocenters. The molecular formula is C10H13N3O2. The zero-order valence-electron chi connectivity index (χ0n) is 8.41. The average molecular weight is 207 g/mol. The van der Waals surface area contributed by atoms with E-state index in [-0.39, 0.29) is 5.96 Å². The van der Waals surface area contributed by atoms with Crippen molar-refractivity contribution in [3.05, 3.63) is 29.3 Å². The first-order valence-electron chi connectivity index (χ1n) is 4.37. The van der Waals surface area contributed by atoms with Gasteiger partial charge >= 0.3 is 0 Å². The number of carbonyl (C=O) groups is 1. The molecule has 0 aliphatic carbocycles.